The van der Waals surface area contributed by atoms with E-state index in [-0.39, 0.29) is 12.5 Å². The first-order chi connectivity index (χ1) is 15.2. The predicted molar refractivity (Wildman–Crippen MR) is 120 cm³/mol. The minimum Gasteiger partial charge on any atom is -0.496 e. The summed E-state index contributed by atoms with van der Waals surface area (Å²) >= 11 is 0. The van der Waals surface area contributed by atoms with Crippen molar-refractivity contribution in [3.63, 3.8) is 0 Å². The van der Waals surface area contributed by atoms with Crippen molar-refractivity contribution >= 4 is 11.9 Å². The molecular weight excluding hydrogens is 412 g/mol. The first-order valence-corrected chi connectivity index (χ1v) is 10.5. The number of carboxylic acid groups (broad SMARTS) is 1. The largest absolute Gasteiger partial charge is 0.496 e. The summed E-state index contributed by atoms with van der Waals surface area (Å²) in [5.74, 6) is -0.305. The maximum atomic E-state index is 12.8. The van der Waals surface area contributed by atoms with Crippen molar-refractivity contribution in [2.75, 3.05) is 14.2 Å². The number of amides is 1. The Morgan fingerprint density at radius 1 is 1.19 bits per heavy atom. The summed E-state index contributed by atoms with van der Waals surface area (Å²) in [6, 6.07) is 11.3. The van der Waals surface area contributed by atoms with Crippen molar-refractivity contribution in [1.82, 2.24) is 5.32 Å². The van der Waals surface area contributed by atoms with Gasteiger partial charge in [0.05, 0.1) is 25.9 Å². The molecule has 0 spiro atoms. The normalized spacial score (nSPS) is 23.4. The van der Waals surface area contributed by atoms with Crippen LogP contribution in [0.4, 0.5) is 0 Å². The number of aliphatic carboxylic acids is 1. The summed E-state index contributed by atoms with van der Waals surface area (Å²) in [6.45, 7) is 3.44. The van der Waals surface area contributed by atoms with Crippen molar-refractivity contribution < 1.29 is 28.9 Å². The van der Waals surface area contributed by atoms with E-state index in [1.54, 1.807) is 21.1 Å². The molecule has 0 aliphatic carbocycles. The fourth-order valence-electron chi connectivity index (χ4n) is 4.04. The first kappa shape index (κ1) is 23.6. The Balaban J connectivity index is 1.77. The van der Waals surface area contributed by atoms with Crippen LogP contribution < -0.4 is 20.5 Å². The van der Waals surface area contributed by atoms with E-state index in [0.29, 0.717) is 17.9 Å². The van der Waals surface area contributed by atoms with Crippen molar-refractivity contribution in [1.29, 1.82) is 0 Å². The second kappa shape index (κ2) is 9.58. The standard InChI is InChI=1S/C24H30N2O6/c1-14-12-20(25)24(2,32-14)23(29)26-17(22(27)28)13-15-8-10-16(11-9-15)21-18(30-3)6-5-7-19(21)31-4/h5-11,14,17,20H,12-13,25H2,1-4H3,(H,26,29)(H,27,28)/t14?,17-,20?,24?/m0/s1. The second-order valence-corrected chi connectivity index (χ2v) is 8.18. The van der Waals surface area contributed by atoms with Crippen LogP contribution in [0, 0.1) is 0 Å². The van der Waals surface area contributed by atoms with Gasteiger partial charge in [-0.25, -0.2) is 4.79 Å². The summed E-state index contributed by atoms with van der Waals surface area (Å²) in [6.07, 6.45) is 0.490. The lowest BCUT2D eigenvalue weighted by Gasteiger charge is -2.28. The molecule has 2 aromatic carbocycles. The number of ether oxygens (including phenoxy) is 3. The number of carbonyl (C=O) groups is 2. The molecule has 1 heterocycles. The van der Waals surface area contributed by atoms with Crippen molar-refractivity contribution in [2.24, 2.45) is 5.73 Å². The Labute approximate surface area is 187 Å². The van der Waals surface area contributed by atoms with Crippen molar-refractivity contribution in [3.8, 4) is 22.6 Å². The van der Waals surface area contributed by atoms with Crippen LogP contribution in [0.2, 0.25) is 0 Å². The number of carboxylic acids is 1. The molecule has 0 radical (unpaired) electrons. The highest BCUT2D eigenvalue weighted by atomic mass is 16.5. The molecule has 1 amide bonds. The van der Waals surface area contributed by atoms with Gasteiger partial charge in [0, 0.05) is 12.5 Å². The number of benzene rings is 2. The Bertz CT molecular complexity index is 955. The van der Waals surface area contributed by atoms with Crippen LogP contribution in [-0.4, -0.2) is 55.0 Å². The van der Waals surface area contributed by atoms with Gasteiger partial charge in [0.1, 0.15) is 17.5 Å². The topological polar surface area (TPSA) is 120 Å². The quantitative estimate of drug-likeness (QED) is 0.574. The van der Waals surface area contributed by atoms with E-state index in [1.165, 1.54) is 0 Å². The van der Waals surface area contributed by atoms with Crippen LogP contribution in [0.25, 0.3) is 11.1 Å². The predicted octanol–water partition coefficient (Wildman–Crippen LogP) is 2.38. The molecule has 8 heteroatoms. The number of hydrogen-bond acceptors (Lipinski definition) is 6. The number of hydrogen-bond donors (Lipinski definition) is 3. The van der Waals surface area contributed by atoms with Gasteiger partial charge in [0.15, 0.2) is 5.60 Å². The van der Waals surface area contributed by atoms with Crippen molar-refractivity contribution in [2.45, 2.75) is 50.5 Å². The van der Waals surface area contributed by atoms with Gasteiger partial charge in [-0.2, -0.15) is 0 Å². The van der Waals surface area contributed by atoms with Gasteiger partial charge in [-0.15, -0.1) is 0 Å². The molecule has 3 unspecified atom stereocenters. The van der Waals surface area contributed by atoms with Gasteiger partial charge in [0.2, 0.25) is 0 Å². The molecule has 3 rings (SSSR count). The number of nitrogens with two attached hydrogens (primary N) is 1. The number of rotatable bonds is 8. The van der Waals surface area contributed by atoms with Crippen LogP contribution in [-0.2, 0) is 20.7 Å². The van der Waals surface area contributed by atoms with Crippen LogP contribution in [0.15, 0.2) is 42.5 Å². The van der Waals surface area contributed by atoms with Crippen LogP contribution in [0.1, 0.15) is 25.8 Å². The molecule has 8 nitrogen and oxygen atoms in total. The highest BCUT2D eigenvalue weighted by molar-refractivity contribution is 5.90. The molecular formula is C24H30N2O6. The highest BCUT2D eigenvalue weighted by Crippen LogP contribution is 2.38. The monoisotopic (exact) mass is 442 g/mol. The van der Waals surface area contributed by atoms with Gasteiger partial charge < -0.3 is 30.4 Å². The lowest BCUT2D eigenvalue weighted by molar-refractivity contribution is -0.149. The Hall–Kier alpha value is -3.10. The van der Waals surface area contributed by atoms with Crippen LogP contribution in [0.5, 0.6) is 11.5 Å². The molecule has 0 bridgehead atoms. The fraction of sp³-hybridized carbons (Fsp3) is 0.417. The molecule has 0 aromatic heterocycles. The first-order valence-electron chi connectivity index (χ1n) is 10.5. The van der Waals surface area contributed by atoms with Gasteiger partial charge in [-0.1, -0.05) is 30.3 Å². The third-order valence-electron chi connectivity index (χ3n) is 5.90. The lowest BCUT2D eigenvalue weighted by Crippen LogP contribution is -2.57. The average Bonchev–Trinajstić information content (AvgIpc) is 3.05. The molecule has 4 N–H and O–H groups in total. The number of nitrogens with one attached hydrogen (secondary N) is 1. The van der Waals surface area contributed by atoms with Gasteiger partial charge in [-0.3, -0.25) is 4.79 Å². The van der Waals surface area contributed by atoms with E-state index < -0.39 is 29.6 Å². The maximum Gasteiger partial charge on any atom is 0.326 e. The third-order valence-corrected chi connectivity index (χ3v) is 5.90. The summed E-state index contributed by atoms with van der Waals surface area (Å²) in [4.78, 5) is 24.6. The van der Waals surface area contributed by atoms with Gasteiger partial charge in [0.25, 0.3) is 5.91 Å². The Morgan fingerprint density at radius 3 is 2.25 bits per heavy atom. The molecule has 32 heavy (non-hydrogen) atoms. The van der Waals surface area contributed by atoms with Crippen LogP contribution in [0.3, 0.4) is 0 Å². The minimum absolute atomic E-state index is 0.116. The zero-order chi connectivity index (χ0) is 23.5. The number of carbonyl (C=O) groups excluding carboxylic acids is 1. The SMILES string of the molecule is COc1cccc(OC)c1-c1ccc(C[C@H](NC(=O)C2(C)OC(C)CC2N)C(=O)O)cc1. The summed E-state index contributed by atoms with van der Waals surface area (Å²) in [7, 11) is 3.18. The third kappa shape index (κ3) is 4.71. The maximum absolute atomic E-state index is 12.8. The molecule has 172 valence electrons. The zero-order valence-electron chi connectivity index (χ0n) is 18.8. The fourth-order valence-corrected chi connectivity index (χ4v) is 4.04. The lowest BCUT2D eigenvalue weighted by atomic mass is 9.94. The summed E-state index contributed by atoms with van der Waals surface area (Å²) < 4.78 is 16.6. The molecule has 4 atom stereocenters. The van der Waals surface area contributed by atoms with E-state index in [2.05, 4.69) is 5.32 Å². The minimum atomic E-state index is -1.25. The van der Waals surface area contributed by atoms with E-state index in [9.17, 15) is 14.7 Å². The van der Waals surface area contributed by atoms with Gasteiger partial charge in [-0.05, 0) is 43.5 Å². The molecule has 1 saturated heterocycles. The zero-order valence-corrected chi connectivity index (χ0v) is 18.8. The van der Waals surface area contributed by atoms with E-state index >= 15 is 0 Å². The smallest absolute Gasteiger partial charge is 0.326 e. The van der Waals surface area contributed by atoms with E-state index in [1.807, 2.05) is 49.4 Å². The van der Waals surface area contributed by atoms with E-state index in [4.69, 9.17) is 19.9 Å². The molecule has 1 aliphatic heterocycles. The molecule has 1 fully saturated rings. The van der Waals surface area contributed by atoms with Crippen molar-refractivity contribution in [3.05, 3.63) is 48.0 Å². The van der Waals surface area contributed by atoms with E-state index in [0.717, 1.165) is 16.7 Å². The Kier molecular flexibility index (Phi) is 7.06. The van der Waals surface area contributed by atoms with Crippen LogP contribution >= 0.6 is 0 Å². The highest BCUT2D eigenvalue weighted by Gasteiger charge is 2.48. The summed E-state index contributed by atoms with van der Waals surface area (Å²) in [5, 5.41) is 12.3. The molecule has 2 aromatic rings. The number of methoxy groups -OCH3 is 2. The van der Waals surface area contributed by atoms with Gasteiger partial charge >= 0.3 is 5.97 Å². The Morgan fingerprint density at radius 2 is 1.78 bits per heavy atom. The second-order valence-electron chi connectivity index (χ2n) is 8.18. The molecule has 0 saturated carbocycles. The molecule has 1 aliphatic rings. The average molecular weight is 443 g/mol. The summed E-state index contributed by atoms with van der Waals surface area (Å²) in [5.41, 5.74) is 7.25.